The molecule has 6 nitrogen and oxygen atoms in total. The topological polar surface area (TPSA) is 71.6 Å². The summed E-state index contributed by atoms with van der Waals surface area (Å²) in [6, 6.07) is 14.4. The molecule has 30 heavy (non-hydrogen) atoms. The van der Waals surface area contributed by atoms with Crippen molar-refractivity contribution in [2.24, 2.45) is 0 Å². The van der Waals surface area contributed by atoms with Crippen LogP contribution in [0.3, 0.4) is 0 Å². The molecule has 1 aromatic heterocycles. The summed E-state index contributed by atoms with van der Waals surface area (Å²) in [6.45, 7) is 3.95. The van der Waals surface area contributed by atoms with Crippen molar-refractivity contribution in [3.05, 3.63) is 80.6 Å². The maximum absolute atomic E-state index is 13.2. The highest BCUT2D eigenvalue weighted by molar-refractivity contribution is 6.30. The van der Waals surface area contributed by atoms with Crippen LogP contribution < -0.4 is 5.56 Å². The number of amides is 1. The second-order valence-electron chi connectivity index (χ2n) is 7.47. The molecular weight excluding hydrogens is 404 g/mol. The Balaban J connectivity index is 1.65. The van der Waals surface area contributed by atoms with Gasteiger partial charge in [0.1, 0.15) is 0 Å². The van der Waals surface area contributed by atoms with E-state index in [4.69, 9.17) is 21.1 Å². The molecule has 0 saturated carbocycles. The van der Waals surface area contributed by atoms with Gasteiger partial charge in [0, 0.05) is 28.2 Å². The van der Waals surface area contributed by atoms with E-state index in [9.17, 15) is 9.59 Å². The number of rotatable bonds is 5. The van der Waals surface area contributed by atoms with Crippen molar-refractivity contribution in [1.82, 2.24) is 9.88 Å². The number of aryl methyl sites for hydroxylation is 1. The van der Waals surface area contributed by atoms with E-state index >= 15 is 0 Å². The number of fused-ring (bicyclic) bond motifs is 1. The molecule has 0 bridgehead atoms. The number of benzene rings is 2. The van der Waals surface area contributed by atoms with Crippen LogP contribution in [0.4, 0.5) is 0 Å². The average Bonchev–Trinajstić information content (AvgIpc) is 2.75. The predicted molar refractivity (Wildman–Crippen MR) is 116 cm³/mol. The number of pyridine rings is 1. The summed E-state index contributed by atoms with van der Waals surface area (Å²) < 4.78 is 11.2. The highest BCUT2D eigenvalue weighted by Crippen LogP contribution is 2.17. The Bertz CT molecular complexity index is 1100. The quantitative estimate of drug-likeness (QED) is 0.677. The van der Waals surface area contributed by atoms with Crippen molar-refractivity contribution >= 4 is 28.4 Å². The molecule has 3 aromatic rings. The highest BCUT2D eigenvalue weighted by atomic mass is 35.5. The van der Waals surface area contributed by atoms with E-state index < -0.39 is 0 Å². The van der Waals surface area contributed by atoms with Crippen molar-refractivity contribution < 1.29 is 14.3 Å². The van der Waals surface area contributed by atoms with Crippen LogP contribution in [0.2, 0.25) is 5.02 Å². The molecule has 0 radical (unpaired) electrons. The zero-order chi connectivity index (χ0) is 21.1. The molecule has 7 heteroatoms. The fourth-order valence-electron chi connectivity index (χ4n) is 3.58. The third-order valence-corrected chi connectivity index (χ3v) is 5.38. The third kappa shape index (κ3) is 4.73. The molecule has 0 aliphatic carbocycles. The van der Waals surface area contributed by atoms with Gasteiger partial charge in [0.25, 0.3) is 11.5 Å². The Hall–Kier alpha value is -2.67. The minimum atomic E-state index is -0.239. The van der Waals surface area contributed by atoms with Crippen LogP contribution in [0, 0.1) is 6.92 Å². The SMILES string of the molecule is Cc1ccc2[nH]c(=O)c(CN(CC3COCCO3)C(=O)c3ccc(Cl)cc3)cc2c1. The number of hydrogen-bond donors (Lipinski definition) is 1. The van der Waals surface area contributed by atoms with Gasteiger partial charge in [-0.05, 0) is 54.8 Å². The molecule has 0 spiro atoms. The van der Waals surface area contributed by atoms with Gasteiger partial charge in [-0.15, -0.1) is 0 Å². The second-order valence-corrected chi connectivity index (χ2v) is 7.91. The van der Waals surface area contributed by atoms with Gasteiger partial charge < -0.3 is 19.4 Å². The summed E-state index contributed by atoms with van der Waals surface area (Å²) in [5.41, 5.74) is 2.69. The lowest BCUT2D eigenvalue weighted by atomic mass is 10.1. The minimum absolute atomic E-state index is 0.167. The summed E-state index contributed by atoms with van der Waals surface area (Å²) in [5.74, 6) is -0.190. The first-order chi connectivity index (χ1) is 14.5. The Labute approximate surface area is 179 Å². The van der Waals surface area contributed by atoms with Crippen LogP contribution in [0.5, 0.6) is 0 Å². The van der Waals surface area contributed by atoms with Gasteiger partial charge in [0.05, 0.1) is 32.5 Å². The van der Waals surface area contributed by atoms with Gasteiger partial charge in [0.15, 0.2) is 0 Å². The second kappa shape index (κ2) is 9.00. The fraction of sp³-hybridized carbons (Fsp3) is 0.304. The molecule has 156 valence electrons. The lowest BCUT2D eigenvalue weighted by Crippen LogP contribution is -2.43. The van der Waals surface area contributed by atoms with Gasteiger partial charge in [0.2, 0.25) is 0 Å². The molecule has 1 aliphatic rings. The molecule has 1 saturated heterocycles. The number of halogens is 1. The first-order valence-electron chi connectivity index (χ1n) is 9.86. The number of H-pyrrole nitrogens is 1. The third-order valence-electron chi connectivity index (χ3n) is 5.13. The highest BCUT2D eigenvalue weighted by Gasteiger charge is 2.24. The Kier molecular flexibility index (Phi) is 6.18. The van der Waals surface area contributed by atoms with Crippen LogP contribution in [0.1, 0.15) is 21.5 Å². The maximum atomic E-state index is 13.2. The van der Waals surface area contributed by atoms with Crippen molar-refractivity contribution in [2.45, 2.75) is 19.6 Å². The van der Waals surface area contributed by atoms with Gasteiger partial charge >= 0.3 is 0 Å². The van der Waals surface area contributed by atoms with Crippen molar-refractivity contribution in [2.75, 3.05) is 26.4 Å². The lowest BCUT2D eigenvalue weighted by Gasteiger charge is -2.30. The molecule has 4 rings (SSSR count). The normalized spacial score (nSPS) is 16.5. The summed E-state index contributed by atoms with van der Waals surface area (Å²) in [7, 11) is 0. The molecule has 1 aliphatic heterocycles. The lowest BCUT2D eigenvalue weighted by molar-refractivity contribution is -0.0953. The van der Waals surface area contributed by atoms with E-state index in [1.165, 1.54) is 0 Å². The smallest absolute Gasteiger partial charge is 0.254 e. The Morgan fingerprint density at radius 3 is 2.70 bits per heavy atom. The average molecular weight is 427 g/mol. The van der Waals surface area contributed by atoms with Crippen LogP contribution in [-0.4, -0.2) is 48.3 Å². The maximum Gasteiger partial charge on any atom is 0.254 e. The number of carbonyl (C=O) groups excluding carboxylic acids is 1. The van der Waals surface area contributed by atoms with Crippen LogP contribution in [0.15, 0.2) is 53.3 Å². The monoisotopic (exact) mass is 426 g/mol. The van der Waals surface area contributed by atoms with Crippen molar-refractivity contribution in [3.8, 4) is 0 Å². The van der Waals surface area contributed by atoms with E-state index in [2.05, 4.69) is 4.98 Å². The van der Waals surface area contributed by atoms with Gasteiger partial charge in [-0.1, -0.05) is 23.2 Å². The standard InChI is InChI=1S/C23H23ClN2O4/c1-15-2-7-21-17(10-15)11-18(22(27)25-21)12-26(13-20-14-29-8-9-30-20)23(28)16-3-5-19(24)6-4-16/h2-7,10-11,20H,8-9,12-14H2,1H3,(H,25,27). The molecule has 1 fully saturated rings. The number of aromatic amines is 1. The number of aromatic nitrogens is 1. The molecule has 2 aromatic carbocycles. The minimum Gasteiger partial charge on any atom is -0.376 e. The summed E-state index contributed by atoms with van der Waals surface area (Å²) >= 11 is 5.96. The largest absolute Gasteiger partial charge is 0.376 e. The molecule has 1 atom stereocenters. The molecule has 2 heterocycles. The van der Waals surface area contributed by atoms with Crippen molar-refractivity contribution in [3.63, 3.8) is 0 Å². The molecule has 1 unspecified atom stereocenters. The molecular formula is C23H23ClN2O4. The summed E-state index contributed by atoms with van der Waals surface area (Å²) in [5, 5.41) is 1.49. The van der Waals surface area contributed by atoms with E-state index in [-0.39, 0.29) is 24.1 Å². The van der Waals surface area contributed by atoms with E-state index in [1.54, 1.807) is 29.2 Å². The zero-order valence-corrected chi connectivity index (χ0v) is 17.4. The number of nitrogens with one attached hydrogen (secondary N) is 1. The number of nitrogens with zero attached hydrogens (tertiary/aromatic N) is 1. The van der Waals surface area contributed by atoms with E-state index in [0.717, 1.165) is 16.5 Å². The number of hydrogen-bond acceptors (Lipinski definition) is 4. The number of ether oxygens (including phenoxy) is 2. The molecule has 1 amide bonds. The van der Waals surface area contributed by atoms with E-state index in [0.29, 0.717) is 42.5 Å². The number of carbonyl (C=O) groups is 1. The van der Waals surface area contributed by atoms with Gasteiger partial charge in [-0.2, -0.15) is 0 Å². The van der Waals surface area contributed by atoms with Gasteiger partial charge in [-0.3, -0.25) is 9.59 Å². The van der Waals surface area contributed by atoms with Gasteiger partial charge in [-0.25, -0.2) is 0 Å². The first-order valence-corrected chi connectivity index (χ1v) is 10.2. The Morgan fingerprint density at radius 1 is 1.17 bits per heavy atom. The van der Waals surface area contributed by atoms with Crippen LogP contribution in [0.25, 0.3) is 10.9 Å². The zero-order valence-electron chi connectivity index (χ0n) is 16.7. The fourth-order valence-corrected chi connectivity index (χ4v) is 3.70. The predicted octanol–water partition coefficient (Wildman–Crippen LogP) is 3.55. The first kappa shape index (κ1) is 20.6. The molecule has 1 N–H and O–H groups in total. The summed E-state index contributed by atoms with van der Waals surface area (Å²) in [4.78, 5) is 30.5. The van der Waals surface area contributed by atoms with Crippen LogP contribution >= 0.6 is 11.6 Å². The van der Waals surface area contributed by atoms with Crippen LogP contribution in [-0.2, 0) is 16.0 Å². The van der Waals surface area contributed by atoms with Crippen molar-refractivity contribution in [1.29, 1.82) is 0 Å². The summed E-state index contributed by atoms with van der Waals surface area (Å²) in [6.07, 6.45) is -0.239. The Morgan fingerprint density at radius 2 is 1.97 bits per heavy atom. The van der Waals surface area contributed by atoms with E-state index in [1.807, 2.05) is 31.2 Å².